The van der Waals surface area contributed by atoms with Gasteiger partial charge in [0.05, 0.1) is 0 Å². The lowest BCUT2D eigenvalue weighted by Gasteiger charge is -2.17. The van der Waals surface area contributed by atoms with Crippen molar-refractivity contribution >= 4 is 5.91 Å². The molecule has 0 saturated carbocycles. The molecule has 0 rings (SSSR count). The lowest BCUT2D eigenvalue weighted by Crippen LogP contribution is -2.34. The maximum absolute atomic E-state index is 11.5. The molecule has 0 radical (unpaired) electrons. The molecule has 27 heavy (non-hydrogen) atoms. The highest BCUT2D eigenvalue weighted by Crippen LogP contribution is 2.06. The molecule has 0 atom stereocenters. The molecule has 0 aliphatic heterocycles. The summed E-state index contributed by atoms with van der Waals surface area (Å²) in [6.45, 7) is 16.3. The van der Waals surface area contributed by atoms with E-state index in [0.29, 0.717) is 6.42 Å². The van der Waals surface area contributed by atoms with Gasteiger partial charge in [-0.3, -0.25) is 4.79 Å². The van der Waals surface area contributed by atoms with Gasteiger partial charge in [-0.05, 0) is 32.4 Å². The first kappa shape index (κ1) is 28.4. The van der Waals surface area contributed by atoms with Gasteiger partial charge < -0.3 is 10.2 Å². The Balaban J connectivity index is 0. The van der Waals surface area contributed by atoms with Crippen LogP contribution in [0.4, 0.5) is 0 Å². The molecule has 3 nitrogen and oxygen atoms in total. The van der Waals surface area contributed by atoms with E-state index in [2.05, 4.69) is 44.5 Å². The molecule has 1 amide bonds. The molecule has 1 N–H and O–H groups in total. The number of likely N-dealkylation sites (N-methyl/N-ethyl adjacent to an activating group) is 1. The van der Waals surface area contributed by atoms with E-state index in [9.17, 15) is 4.79 Å². The number of hydrogen-bond donors (Lipinski definition) is 1. The van der Waals surface area contributed by atoms with Crippen LogP contribution in [0.15, 0.2) is 12.7 Å². The fourth-order valence-corrected chi connectivity index (χ4v) is 2.94. The maximum atomic E-state index is 11.5. The first-order valence-corrected chi connectivity index (χ1v) is 11.8. The number of nitrogens with one attached hydrogen (secondary N) is 1. The molecule has 0 unspecified atom stereocenters. The molecule has 0 heterocycles. The van der Waals surface area contributed by atoms with Crippen LogP contribution in [-0.4, -0.2) is 37.0 Å². The van der Waals surface area contributed by atoms with E-state index < -0.39 is 0 Å². The highest BCUT2D eigenvalue weighted by atomic mass is 16.1. The maximum Gasteiger partial charge on any atom is 0.220 e. The van der Waals surface area contributed by atoms with Crippen LogP contribution in [0.5, 0.6) is 0 Å². The summed E-state index contributed by atoms with van der Waals surface area (Å²) in [5.74, 6) is 0.216. The van der Waals surface area contributed by atoms with Crippen molar-refractivity contribution in [2.24, 2.45) is 0 Å². The number of unbranched alkanes of at least 4 members (excludes halogenated alkanes) is 10. The van der Waals surface area contributed by atoms with E-state index in [1.54, 1.807) is 0 Å². The second-order valence-corrected chi connectivity index (χ2v) is 7.39. The lowest BCUT2D eigenvalue weighted by atomic mass is 10.1. The standard InChI is InChI=1S/C14H30N2O.C10H20/c1-4-7-8-9-10-11-14(17)15-12-13-16(5-2)6-3;1-3-5-7-9-10-8-6-4-2/h4-13H2,1-3H3,(H,15,17);3H,1,4-10H2,2H3. The first-order chi connectivity index (χ1) is 13.2. The Morgan fingerprint density at radius 2 is 1.33 bits per heavy atom. The van der Waals surface area contributed by atoms with Crippen LogP contribution in [0.3, 0.4) is 0 Å². The summed E-state index contributed by atoms with van der Waals surface area (Å²) >= 11 is 0. The molecule has 0 spiro atoms. The molecule has 3 heteroatoms. The van der Waals surface area contributed by atoms with Crippen molar-refractivity contribution in [1.29, 1.82) is 0 Å². The van der Waals surface area contributed by atoms with Crippen LogP contribution >= 0.6 is 0 Å². The summed E-state index contributed by atoms with van der Waals surface area (Å²) < 4.78 is 0. The zero-order valence-corrected chi connectivity index (χ0v) is 19.2. The van der Waals surface area contributed by atoms with Crippen LogP contribution in [-0.2, 0) is 4.79 Å². The third-order valence-corrected chi connectivity index (χ3v) is 4.91. The molecular formula is C24H50N2O. The molecule has 0 aromatic carbocycles. The Morgan fingerprint density at radius 1 is 0.815 bits per heavy atom. The number of carbonyl (C=O) groups excluding carboxylic acids is 1. The molecule has 0 aliphatic rings. The van der Waals surface area contributed by atoms with Gasteiger partial charge >= 0.3 is 0 Å². The smallest absolute Gasteiger partial charge is 0.220 e. The quantitative estimate of drug-likeness (QED) is 0.210. The molecule has 0 aliphatic carbocycles. The van der Waals surface area contributed by atoms with E-state index in [4.69, 9.17) is 0 Å². The Morgan fingerprint density at radius 3 is 1.85 bits per heavy atom. The van der Waals surface area contributed by atoms with Crippen LogP contribution in [0, 0.1) is 0 Å². The van der Waals surface area contributed by atoms with Gasteiger partial charge in [0.1, 0.15) is 0 Å². The molecule has 0 bridgehead atoms. The van der Waals surface area contributed by atoms with Crippen LogP contribution in [0.25, 0.3) is 0 Å². The Hall–Kier alpha value is -0.830. The van der Waals surface area contributed by atoms with E-state index in [1.165, 1.54) is 70.6 Å². The number of rotatable bonds is 18. The average Bonchev–Trinajstić information content (AvgIpc) is 2.68. The second kappa shape index (κ2) is 25.2. The highest BCUT2D eigenvalue weighted by molar-refractivity contribution is 5.75. The second-order valence-electron chi connectivity index (χ2n) is 7.39. The average molecular weight is 383 g/mol. The minimum atomic E-state index is 0.216. The minimum Gasteiger partial charge on any atom is -0.355 e. The van der Waals surface area contributed by atoms with Crippen molar-refractivity contribution in [3.8, 4) is 0 Å². The van der Waals surface area contributed by atoms with Crippen molar-refractivity contribution in [3.05, 3.63) is 12.7 Å². The largest absolute Gasteiger partial charge is 0.355 e. The summed E-state index contributed by atoms with van der Waals surface area (Å²) in [7, 11) is 0. The van der Waals surface area contributed by atoms with Crippen LogP contribution in [0.1, 0.15) is 111 Å². The van der Waals surface area contributed by atoms with Gasteiger partial charge in [-0.2, -0.15) is 0 Å². The molecule has 0 saturated heterocycles. The van der Waals surface area contributed by atoms with Crippen LogP contribution in [0.2, 0.25) is 0 Å². The summed E-state index contributed by atoms with van der Waals surface area (Å²) in [6, 6.07) is 0. The Bertz CT molecular complexity index is 301. The van der Waals surface area contributed by atoms with Gasteiger partial charge in [0.2, 0.25) is 5.91 Å². The Kier molecular flexibility index (Phi) is 26.5. The van der Waals surface area contributed by atoms with Gasteiger partial charge in [-0.1, -0.05) is 91.6 Å². The summed E-state index contributed by atoms with van der Waals surface area (Å²) in [4.78, 5) is 13.8. The molecule has 0 aromatic heterocycles. The number of nitrogens with zero attached hydrogens (tertiary/aromatic N) is 1. The van der Waals surface area contributed by atoms with E-state index >= 15 is 0 Å². The highest BCUT2D eigenvalue weighted by Gasteiger charge is 2.02. The first-order valence-electron chi connectivity index (χ1n) is 11.8. The monoisotopic (exact) mass is 382 g/mol. The molecular weight excluding hydrogens is 332 g/mol. The van der Waals surface area contributed by atoms with E-state index in [1.807, 2.05) is 6.08 Å². The summed E-state index contributed by atoms with van der Waals surface area (Å²) in [5, 5.41) is 2.99. The third-order valence-electron chi connectivity index (χ3n) is 4.91. The predicted octanol–water partition coefficient (Wildman–Crippen LogP) is 6.73. The van der Waals surface area contributed by atoms with Crippen molar-refractivity contribution in [3.63, 3.8) is 0 Å². The van der Waals surface area contributed by atoms with Gasteiger partial charge in [0, 0.05) is 19.5 Å². The SMILES string of the molecule is C=CCCCCCCCC.CCCCCCCC(=O)NCCN(CC)CC. The van der Waals surface area contributed by atoms with E-state index in [-0.39, 0.29) is 5.91 Å². The van der Waals surface area contributed by atoms with Crippen molar-refractivity contribution in [2.45, 2.75) is 111 Å². The topological polar surface area (TPSA) is 32.3 Å². The number of allylic oxidation sites excluding steroid dienone is 1. The number of hydrogen-bond acceptors (Lipinski definition) is 2. The predicted molar refractivity (Wildman–Crippen MR) is 122 cm³/mol. The summed E-state index contributed by atoms with van der Waals surface area (Å²) in [6.07, 6.45) is 18.3. The number of amides is 1. The van der Waals surface area contributed by atoms with Gasteiger partial charge in [0.25, 0.3) is 0 Å². The lowest BCUT2D eigenvalue weighted by molar-refractivity contribution is -0.121. The molecule has 0 aromatic rings. The van der Waals surface area contributed by atoms with Crippen molar-refractivity contribution in [2.75, 3.05) is 26.2 Å². The van der Waals surface area contributed by atoms with Crippen molar-refractivity contribution < 1.29 is 4.79 Å². The van der Waals surface area contributed by atoms with Gasteiger partial charge in [-0.15, -0.1) is 6.58 Å². The minimum absolute atomic E-state index is 0.216. The van der Waals surface area contributed by atoms with Gasteiger partial charge in [-0.25, -0.2) is 0 Å². The fraction of sp³-hybridized carbons (Fsp3) is 0.875. The molecule has 0 fully saturated rings. The zero-order valence-electron chi connectivity index (χ0n) is 19.2. The third kappa shape index (κ3) is 25.2. The zero-order chi connectivity index (χ0) is 20.6. The number of carbonyl (C=O) groups is 1. The fourth-order valence-electron chi connectivity index (χ4n) is 2.94. The summed E-state index contributed by atoms with van der Waals surface area (Å²) in [5.41, 5.74) is 0. The van der Waals surface area contributed by atoms with Crippen LogP contribution < -0.4 is 5.32 Å². The normalized spacial score (nSPS) is 10.4. The Labute approximate surface area is 171 Å². The van der Waals surface area contributed by atoms with E-state index in [0.717, 1.165) is 32.6 Å². The van der Waals surface area contributed by atoms with Gasteiger partial charge in [0.15, 0.2) is 0 Å². The molecule has 162 valence electrons. The van der Waals surface area contributed by atoms with Crippen molar-refractivity contribution in [1.82, 2.24) is 10.2 Å².